The average Bonchev–Trinajstić information content (AvgIpc) is 3.15. The maximum absolute atomic E-state index is 12.2. The molecule has 0 bridgehead atoms. The number of thiazole rings is 1. The van der Waals surface area contributed by atoms with Crippen molar-refractivity contribution in [3.63, 3.8) is 0 Å². The van der Waals surface area contributed by atoms with Crippen molar-refractivity contribution in [1.29, 1.82) is 0 Å². The van der Waals surface area contributed by atoms with Gasteiger partial charge in [0, 0.05) is 32.1 Å². The Kier molecular flexibility index (Phi) is 6.06. The molecule has 2 aromatic carbocycles. The number of carbonyl (C=O) groups is 2. The monoisotopic (exact) mass is 395 g/mol. The molecular weight excluding hydrogens is 374 g/mol. The Hall–Kier alpha value is -3.19. The van der Waals surface area contributed by atoms with Crippen LogP contribution in [0.25, 0.3) is 0 Å². The van der Waals surface area contributed by atoms with Gasteiger partial charge >= 0.3 is 5.97 Å². The van der Waals surface area contributed by atoms with E-state index in [1.54, 1.807) is 17.5 Å². The first-order valence-electron chi connectivity index (χ1n) is 8.70. The van der Waals surface area contributed by atoms with Gasteiger partial charge in [0.2, 0.25) is 5.91 Å². The third kappa shape index (κ3) is 4.55. The first kappa shape index (κ1) is 19.6. The summed E-state index contributed by atoms with van der Waals surface area (Å²) in [6, 6.07) is 16.5. The maximum atomic E-state index is 12.2. The van der Waals surface area contributed by atoms with Gasteiger partial charge in [0.1, 0.15) is 6.61 Å². The summed E-state index contributed by atoms with van der Waals surface area (Å²) in [5, 5.41) is 2.33. The number of hydrogen-bond acceptors (Lipinski definition) is 6. The first-order valence-corrected chi connectivity index (χ1v) is 9.58. The highest BCUT2D eigenvalue weighted by Crippen LogP contribution is 2.29. The van der Waals surface area contributed by atoms with E-state index in [4.69, 9.17) is 4.74 Å². The van der Waals surface area contributed by atoms with E-state index in [2.05, 4.69) is 4.98 Å². The average molecular weight is 395 g/mol. The molecule has 0 radical (unpaired) electrons. The van der Waals surface area contributed by atoms with Crippen molar-refractivity contribution in [1.82, 2.24) is 4.98 Å². The molecule has 1 heterocycles. The van der Waals surface area contributed by atoms with E-state index in [-0.39, 0.29) is 12.5 Å². The normalized spacial score (nSPS) is 10.4. The van der Waals surface area contributed by atoms with E-state index >= 15 is 0 Å². The second-order valence-electron chi connectivity index (χ2n) is 6.33. The predicted octanol–water partition coefficient (Wildman–Crippen LogP) is 4.25. The fourth-order valence-electron chi connectivity index (χ4n) is 2.59. The number of rotatable bonds is 6. The minimum Gasteiger partial charge on any atom is -0.456 e. The minimum atomic E-state index is -0.411. The number of para-hydroxylation sites is 1. The van der Waals surface area contributed by atoms with Gasteiger partial charge < -0.3 is 9.64 Å². The van der Waals surface area contributed by atoms with Crippen LogP contribution >= 0.6 is 11.3 Å². The Morgan fingerprint density at radius 3 is 2.29 bits per heavy atom. The van der Waals surface area contributed by atoms with Crippen molar-refractivity contribution in [2.75, 3.05) is 23.9 Å². The lowest BCUT2D eigenvalue weighted by Crippen LogP contribution is -2.22. The van der Waals surface area contributed by atoms with E-state index in [9.17, 15) is 9.59 Å². The summed E-state index contributed by atoms with van der Waals surface area (Å²) in [5.41, 5.74) is 2.83. The van der Waals surface area contributed by atoms with Crippen LogP contribution in [0.2, 0.25) is 0 Å². The molecule has 7 heteroatoms. The zero-order chi connectivity index (χ0) is 20.1. The molecule has 0 aliphatic heterocycles. The van der Waals surface area contributed by atoms with Crippen LogP contribution in [0, 0.1) is 0 Å². The topological polar surface area (TPSA) is 62.7 Å². The second-order valence-corrected chi connectivity index (χ2v) is 7.17. The van der Waals surface area contributed by atoms with Gasteiger partial charge in [-0.15, -0.1) is 11.3 Å². The summed E-state index contributed by atoms with van der Waals surface area (Å²) in [4.78, 5) is 32.3. The number of ether oxygens (including phenoxy) is 1. The Morgan fingerprint density at radius 2 is 1.68 bits per heavy atom. The number of aromatic nitrogens is 1. The number of anilines is 3. The van der Waals surface area contributed by atoms with E-state index in [1.165, 1.54) is 23.2 Å². The lowest BCUT2D eigenvalue weighted by Gasteiger charge is -2.17. The fraction of sp³-hybridized carbons (Fsp3) is 0.190. The molecule has 0 spiro atoms. The molecule has 1 aromatic heterocycles. The van der Waals surface area contributed by atoms with Crippen LogP contribution in [0.4, 0.5) is 16.5 Å². The van der Waals surface area contributed by atoms with Crippen LogP contribution in [-0.2, 0) is 16.1 Å². The number of hydrogen-bond donors (Lipinski definition) is 0. The molecule has 0 atom stereocenters. The lowest BCUT2D eigenvalue weighted by atomic mass is 10.2. The van der Waals surface area contributed by atoms with Crippen molar-refractivity contribution in [2.24, 2.45) is 0 Å². The molecule has 0 aliphatic rings. The van der Waals surface area contributed by atoms with Gasteiger partial charge in [-0.2, -0.15) is 0 Å². The van der Waals surface area contributed by atoms with Crippen molar-refractivity contribution >= 4 is 39.7 Å². The van der Waals surface area contributed by atoms with Gasteiger partial charge in [0.05, 0.1) is 16.9 Å². The van der Waals surface area contributed by atoms with Gasteiger partial charge in [-0.05, 0) is 36.4 Å². The maximum Gasteiger partial charge on any atom is 0.338 e. The smallest absolute Gasteiger partial charge is 0.338 e. The molecule has 28 heavy (non-hydrogen) atoms. The van der Waals surface area contributed by atoms with Crippen molar-refractivity contribution in [2.45, 2.75) is 13.5 Å². The van der Waals surface area contributed by atoms with Crippen LogP contribution in [-0.4, -0.2) is 31.0 Å². The third-order valence-electron chi connectivity index (χ3n) is 4.03. The summed E-state index contributed by atoms with van der Waals surface area (Å²) in [6.07, 6.45) is 0. The van der Waals surface area contributed by atoms with Crippen molar-refractivity contribution < 1.29 is 14.3 Å². The zero-order valence-corrected chi connectivity index (χ0v) is 16.8. The first-order chi connectivity index (χ1) is 13.5. The SMILES string of the molecule is CC(=O)N(c1ccccc1)c1nc(COC(=O)c2ccc(N(C)C)cc2)cs1. The van der Waals surface area contributed by atoms with Gasteiger partial charge in [0.25, 0.3) is 0 Å². The van der Waals surface area contributed by atoms with Gasteiger partial charge in [-0.3, -0.25) is 9.69 Å². The molecule has 0 unspecified atom stereocenters. The third-order valence-corrected chi connectivity index (χ3v) is 4.91. The quantitative estimate of drug-likeness (QED) is 0.584. The second kappa shape index (κ2) is 8.67. The summed E-state index contributed by atoms with van der Waals surface area (Å²) < 4.78 is 5.36. The van der Waals surface area contributed by atoms with Crippen LogP contribution in [0.5, 0.6) is 0 Å². The Morgan fingerprint density at radius 1 is 1.00 bits per heavy atom. The molecule has 0 saturated heterocycles. The van der Waals surface area contributed by atoms with Crippen LogP contribution in [0.3, 0.4) is 0 Å². The van der Waals surface area contributed by atoms with E-state index in [0.717, 1.165) is 11.4 Å². The number of nitrogens with zero attached hydrogens (tertiary/aromatic N) is 3. The van der Waals surface area contributed by atoms with Crippen LogP contribution < -0.4 is 9.80 Å². The molecule has 0 fully saturated rings. The number of benzene rings is 2. The molecular formula is C21H21N3O3S. The van der Waals surface area contributed by atoms with E-state index in [1.807, 2.05) is 61.5 Å². The number of carbonyl (C=O) groups excluding carboxylic acids is 2. The van der Waals surface area contributed by atoms with Crippen LogP contribution in [0.1, 0.15) is 23.0 Å². The summed E-state index contributed by atoms with van der Waals surface area (Å²) in [7, 11) is 3.87. The summed E-state index contributed by atoms with van der Waals surface area (Å²) in [6.45, 7) is 1.54. The molecule has 6 nitrogen and oxygen atoms in total. The van der Waals surface area contributed by atoms with E-state index in [0.29, 0.717) is 16.4 Å². The largest absolute Gasteiger partial charge is 0.456 e. The number of esters is 1. The van der Waals surface area contributed by atoms with Crippen molar-refractivity contribution in [3.8, 4) is 0 Å². The summed E-state index contributed by atoms with van der Waals surface area (Å²) in [5.74, 6) is -0.545. The highest BCUT2D eigenvalue weighted by atomic mass is 32.1. The Labute approximate surface area is 168 Å². The van der Waals surface area contributed by atoms with Crippen LogP contribution in [0.15, 0.2) is 60.0 Å². The standard InChI is InChI=1S/C21H21N3O3S/c1-15(25)24(19-7-5-4-6-8-19)21-22-17(14-28-21)13-27-20(26)16-9-11-18(12-10-16)23(2)3/h4-12,14H,13H2,1-3H3. The molecule has 144 valence electrons. The molecule has 3 rings (SSSR count). The lowest BCUT2D eigenvalue weighted by molar-refractivity contribution is -0.115. The molecule has 3 aromatic rings. The minimum absolute atomic E-state index is 0.0469. The molecule has 0 N–H and O–H groups in total. The summed E-state index contributed by atoms with van der Waals surface area (Å²) >= 11 is 1.33. The molecule has 0 aliphatic carbocycles. The zero-order valence-electron chi connectivity index (χ0n) is 16.0. The molecule has 0 saturated carbocycles. The Bertz CT molecular complexity index is 953. The van der Waals surface area contributed by atoms with Crippen molar-refractivity contribution in [3.05, 3.63) is 71.2 Å². The Balaban J connectivity index is 1.67. The highest BCUT2D eigenvalue weighted by molar-refractivity contribution is 7.14. The van der Waals surface area contributed by atoms with Gasteiger partial charge in [-0.1, -0.05) is 18.2 Å². The van der Waals surface area contributed by atoms with E-state index < -0.39 is 5.97 Å². The van der Waals surface area contributed by atoms with Gasteiger partial charge in [0.15, 0.2) is 5.13 Å². The molecule has 1 amide bonds. The van der Waals surface area contributed by atoms with Gasteiger partial charge in [-0.25, -0.2) is 9.78 Å². The fourth-order valence-corrected chi connectivity index (χ4v) is 3.46. The number of amides is 1. The predicted molar refractivity (Wildman–Crippen MR) is 111 cm³/mol. The highest BCUT2D eigenvalue weighted by Gasteiger charge is 2.18.